The zero-order chi connectivity index (χ0) is 17.5. The Balaban J connectivity index is 0.00000243. The fourth-order valence-corrected chi connectivity index (χ4v) is 3.57. The SMILES string of the molecule is Cl.O=C(NCCCSc1ccc(F)cc1)c1cn(C2CCNCC2)nn1. The minimum absolute atomic E-state index is 0. The maximum absolute atomic E-state index is 12.8. The van der Waals surface area contributed by atoms with E-state index in [1.54, 1.807) is 34.8 Å². The van der Waals surface area contributed by atoms with Crippen LogP contribution in [0.1, 0.15) is 35.8 Å². The molecule has 2 heterocycles. The van der Waals surface area contributed by atoms with E-state index in [-0.39, 0.29) is 24.1 Å². The van der Waals surface area contributed by atoms with Crippen molar-refractivity contribution in [1.29, 1.82) is 0 Å². The summed E-state index contributed by atoms with van der Waals surface area (Å²) in [4.78, 5) is 13.1. The molecule has 1 fully saturated rings. The van der Waals surface area contributed by atoms with Gasteiger partial charge in [0.2, 0.25) is 0 Å². The van der Waals surface area contributed by atoms with Gasteiger partial charge in [0.25, 0.3) is 5.91 Å². The second-order valence-corrected chi connectivity index (χ2v) is 7.15. The van der Waals surface area contributed by atoms with Crippen LogP contribution in [-0.2, 0) is 0 Å². The fourth-order valence-electron chi connectivity index (χ4n) is 2.72. The van der Waals surface area contributed by atoms with Gasteiger partial charge in [-0.05, 0) is 62.4 Å². The Morgan fingerprint density at radius 3 is 2.77 bits per heavy atom. The average molecular weight is 400 g/mol. The molecule has 3 rings (SSSR count). The molecule has 1 saturated heterocycles. The van der Waals surface area contributed by atoms with Gasteiger partial charge in [0.05, 0.1) is 12.2 Å². The molecule has 0 bridgehead atoms. The molecule has 1 aliphatic heterocycles. The molecule has 0 radical (unpaired) electrons. The lowest BCUT2D eigenvalue weighted by molar-refractivity contribution is 0.0948. The monoisotopic (exact) mass is 399 g/mol. The zero-order valence-corrected chi connectivity index (χ0v) is 16.0. The molecule has 0 unspecified atom stereocenters. The molecule has 142 valence electrons. The Bertz CT molecular complexity index is 691. The minimum atomic E-state index is -0.228. The maximum atomic E-state index is 12.8. The van der Waals surface area contributed by atoms with Crippen molar-refractivity contribution in [3.8, 4) is 0 Å². The summed E-state index contributed by atoms with van der Waals surface area (Å²) in [7, 11) is 0. The predicted molar refractivity (Wildman–Crippen MR) is 102 cm³/mol. The molecule has 0 spiro atoms. The van der Waals surface area contributed by atoms with Crippen molar-refractivity contribution in [1.82, 2.24) is 25.6 Å². The summed E-state index contributed by atoms with van der Waals surface area (Å²) in [5.41, 5.74) is 0.365. The topological polar surface area (TPSA) is 71.8 Å². The molecule has 1 amide bonds. The van der Waals surface area contributed by atoms with Gasteiger partial charge >= 0.3 is 0 Å². The van der Waals surface area contributed by atoms with Crippen molar-refractivity contribution in [2.75, 3.05) is 25.4 Å². The Labute approximate surface area is 162 Å². The number of benzene rings is 1. The number of carbonyl (C=O) groups is 1. The summed E-state index contributed by atoms with van der Waals surface area (Å²) in [5.74, 6) is 0.439. The Morgan fingerprint density at radius 2 is 2.04 bits per heavy atom. The van der Waals surface area contributed by atoms with E-state index < -0.39 is 0 Å². The van der Waals surface area contributed by atoms with E-state index in [1.807, 2.05) is 0 Å². The number of piperidine rings is 1. The van der Waals surface area contributed by atoms with E-state index in [0.29, 0.717) is 18.3 Å². The lowest BCUT2D eigenvalue weighted by Gasteiger charge is -2.22. The highest BCUT2D eigenvalue weighted by atomic mass is 35.5. The number of thioether (sulfide) groups is 1. The van der Waals surface area contributed by atoms with E-state index in [9.17, 15) is 9.18 Å². The van der Waals surface area contributed by atoms with E-state index in [0.717, 1.165) is 43.0 Å². The summed E-state index contributed by atoms with van der Waals surface area (Å²) in [6, 6.07) is 6.75. The molecule has 1 aromatic heterocycles. The van der Waals surface area contributed by atoms with Crippen LogP contribution in [-0.4, -0.2) is 46.3 Å². The summed E-state index contributed by atoms with van der Waals surface area (Å²) < 4.78 is 14.6. The highest BCUT2D eigenvalue weighted by molar-refractivity contribution is 7.99. The molecule has 1 aromatic carbocycles. The zero-order valence-electron chi connectivity index (χ0n) is 14.4. The van der Waals surface area contributed by atoms with Crippen molar-refractivity contribution in [3.05, 3.63) is 42.0 Å². The van der Waals surface area contributed by atoms with Crippen LogP contribution in [0.2, 0.25) is 0 Å². The van der Waals surface area contributed by atoms with Crippen molar-refractivity contribution < 1.29 is 9.18 Å². The number of aromatic nitrogens is 3. The van der Waals surface area contributed by atoms with Gasteiger partial charge in [-0.25, -0.2) is 9.07 Å². The van der Waals surface area contributed by atoms with E-state index in [1.165, 1.54) is 12.1 Å². The van der Waals surface area contributed by atoms with Crippen molar-refractivity contribution in [2.24, 2.45) is 0 Å². The van der Waals surface area contributed by atoms with Crippen LogP contribution in [0.5, 0.6) is 0 Å². The van der Waals surface area contributed by atoms with Gasteiger partial charge < -0.3 is 10.6 Å². The number of halogens is 2. The Kier molecular flexibility index (Phi) is 8.34. The number of nitrogens with zero attached hydrogens (tertiary/aromatic N) is 3. The molecular weight excluding hydrogens is 377 g/mol. The van der Waals surface area contributed by atoms with E-state index in [4.69, 9.17) is 0 Å². The molecular formula is C17H23ClFN5OS. The summed E-state index contributed by atoms with van der Waals surface area (Å²) in [6.45, 7) is 2.52. The number of nitrogens with one attached hydrogen (secondary N) is 2. The lowest BCUT2D eigenvalue weighted by atomic mass is 10.1. The molecule has 26 heavy (non-hydrogen) atoms. The van der Waals surface area contributed by atoms with Crippen molar-refractivity contribution in [2.45, 2.75) is 30.2 Å². The van der Waals surface area contributed by atoms with Crippen LogP contribution in [0, 0.1) is 5.82 Å². The molecule has 0 atom stereocenters. The van der Waals surface area contributed by atoms with Crippen molar-refractivity contribution in [3.63, 3.8) is 0 Å². The summed E-state index contributed by atoms with van der Waals surface area (Å²) in [5, 5.41) is 14.3. The third-order valence-electron chi connectivity index (χ3n) is 4.11. The first-order valence-electron chi connectivity index (χ1n) is 8.51. The van der Waals surface area contributed by atoms with Gasteiger partial charge in [0.15, 0.2) is 5.69 Å². The first-order chi connectivity index (χ1) is 12.2. The number of hydrogen-bond acceptors (Lipinski definition) is 5. The standard InChI is InChI=1S/C17H22FN5OS.ClH/c18-13-2-4-15(5-3-13)25-11-1-8-20-17(24)16-12-23(22-21-16)14-6-9-19-10-7-14;/h2-5,12,14,19H,1,6-11H2,(H,20,24);1H. The van der Waals surface area contributed by atoms with Crippen LogP contribution in [0.4, 0.5) is 4.39 Å². The summed E-state index contributed by atoms with van der Waals surface area (Å²) >= 11 is 1.64. The predicted octanol–water partition coefficient (Wildman–Crippen LogP) is 2.68. The smallest absolute Gasteiger partial charge is 0.273 e. The number of hydrogen-bond donors (Lipinski definition) is 2. The molecule has 1 aliphatic rings. The summed E-state index contributed by atoms with van der Waals surface area (Å²) in [6.07, 6.45) is 4.57. The fraction of sp³-hybridized carbons (Fsp3) is 0.471. The molecule has 2 aromatic rings. The molecule has 6 nitrogen and oxygen atoms in total. The number of carbonyl (C=O) groups excluding carboxylic acids is 1. The first kappa shape index (κ1) is 20.7. The third-order valence-corrected chi connectivity index (χ3v) is 5.21. The Hall–Kier alpha value is -1.64. The van der Waals surface area contributed by atoms with E-state index >= 15 is 0 Å². The Morgan fingerprint density at radius 1 is 1.31 bits per heavy atom. The maximum Gasteiger partial charge on any atom is 0.273 e. The molecule has 9 heteroatoms. The number of amides is 1. The van der Waals surface area contributed by atoms with Crippen molar-refractivity contribution >= 4 is 30.1 Å². The second-order valence-electron chi connectivity index (χ2n) is 5.98. The van der Waals surface area contributed by atoms with Crippen LogP contribution in [0.25, 0.3) is 0 Å². The largest absolute Gasteiger partial charge is 0.351 e. The molecule has 0 saturated carbocycles. The van der Waals surface area contributed by atoms with Crippen LogP contribution < -0.4 is 10.6 Å². The minimum Gasteiger partial charge on any atom is -0.351 e. The first-order valence-corrected chi connectivity index (χ1v) is 9.50. The van der Waals surface area contributed by atoms with E-state index in [2.05, 4.69) is 20.9 Å². The van der Waals surface area contributed by atoms with Crippen LogP contribution in [0.15, 0.2) is 35.4 Å². The second kappa shape index (κ2) is 10.5. The van der Waals surface area contributed by atoms with Gasteiger partial charge in [0.1, 0.15) is 5.82 Å². The van der Waals surface area contributed by atoms with Gasteiger partial charge in [0, 0.05) is 11.4 Å². The molecule has 2 N–H and O–H groups in total. The number of rotatable bonds is 7. The quantitative estimate of drug-likeness (QED) is 0.553. The molecule has 0 aliphatic carbocycles. The van der Waals surface area contributed by atoms with Gasteiger partial charge in [-0.2, -0.15) is 0 Å². The van der Waals surface area contributed by atoms with Crippen LogP contribution >= 0.6 is 24.2 Å². The van der Waals surface area contributed by atoms with Gasteiger partial charge in [-0.3, -0.25) is 4.79 Å². The highest BCUT2D eigenvalue weighted by Gasteiger charge is 2.18. The highest BCUT2D eigenvalue weighted by Crippen LogP contribution is 2.19. The van der Waals surface area contributed by atoms with Crippen LogP contribution in [0.3, 0.4) is 0 Å². The lowest BCUT2D eigenvalue weighted by Crippen LogP contribution is -2.29. The van der Waals surface area contributed by atoms with Gasteiger partial charge in [-0.15, -0.1) is 29.3 Å². The van der Waals surface area contributed by atoms with Gasteiger partial charge in [-0.1, -0.05) is 5.21 Å². The average Bonchev–Trinajstić information content (AvgIpc) is 3.14. The normalized spacial score (nSPS) is 14.7. The third kappa shape index (κ3) is 5.96.